The van der Waals surface area contributed by atoms with Crippen molar-refractivity contribution in [2.24, 2.45) is 0 Å². The molecule has 1 unspecified atom stereocenters. The van der Waals surface area contributed by atoms with E-state index in [0.29, 0.717) is 6.61 Å². The van der Waals surface area contributed by atoms with Gasteiger partial charge in [0, 0.05) is 19.4 Å². The Bertz CT molecular complexity index is 374. The maximum atomic E-state index is 5.54. The van der Waals surface area contributed by atoms with Gasteiger partial charge >= 0.3 is 21.2 Å². The van der Waals surface area contributed by atoms with Crippen molar-refractivity contribution in [1.82, 2.24) is 0 Å². The zero-order valence-electron chi connectivity index (χ0n) is 9.69. The predicted molar refractivity (Wildman–Crippen MR) is 62.5 cm³/mol. The molecule has 17 heavy (non-hydrogen) atoms. The molecule has 0 saturated carbocycles. The largest absolute Gasteiger partial charge is 0.419 e. The van der Waals surface area contributed by atoms with E-state index in [1.165, 1.54) is 3.57 Å². The van der Waals surface area contributed by atoms with E-state index < -0.39 is 0 Å². The monoisotopic (exact) mass is 343 g/mol. The van der Waals surface area contributed by atoms with Crippen LogP contribution in [0.4, 0.5) is 0 Å². The van der Waals surface area contributed by atoms with Gasteiger partial charge in [0.15, 0.2) is 10.2 Å². The smallest absolute Gasteiger partial charge is 0.353 e. The van der Waals surface area contributed by atoms with Crippen molar-refractivity contribution >= 4 is 0 Å². The van der Waals surface area contributed by atoms with E-state index in [1.807, 2.05) is 6.07 Å². The van der Waals surface area contributed by atoms with Crippen LogP contribution in [0.1, 0.15) is 19.3 Å². The minimum absolute atomic E-state index is 0.0284. The highest BCUT2D eigenvalue weighted by molar-refractivity contribution is 5.00. The van der Waals surface area contributed by atoms with Crippen LogP contribution in [0.2, 0.25) is 0 Å². The Morgan fingerprint density at radius 1 is 1.35 bits per heavy atom. The number of hydrogen-bond acceptors (Lipinski definition) is 2. The second kappa shape index (κ2) is 7.70. The summed E-state index contributed by atoms with van der Waals surface area (Å²) < 4.78 is 15.5. The summed E-state index contributed by atoms with van der Waals surface area (Å²) in [5.74, 6) is 3.18. The van der Waals surface area contributed by atoms with Gasteiger partial charge in [0.25, 0.3) is 0 Å². The van der Waals surface area contributed by atoms with Gasteiger partial charge in [-0.1, -0.05) is 18.2 Å². The predicted octanol–water partition coefficient (Wildman–Crippen LogP) is -0.551. The first-order chi connectivity index (χ1) is 8.45. The number of ether oxygens (including phenoxy) is 2. The molecule has 0 radical (unpaired) electrons. The average molecular weight is 343 g/mol. The Labute approximate surface area is 113 Å². The molecule has 1 atom stereocenters. The molecule has 1 fully saturated rings. The van der Waals surface area contributed by atoms with E-state index in [9.17, 15) is 0 Å². The molecule has 1 aromatic carbocycles. The molecule has 0 N–H and O–H groups in total. The Morgan fingerprint density at radius 2 is 2.24 bits per heavy atom. The third-order valence-corrected chi connectivity index (χ3v) is 4.37. The lowest BCUT2D eigenvalue weighted by atomic mass is 10.4. The van der Waals surface area contributed by atoms with Crippen molar-refractivity contribution in [2.75, 3.05) is 13.2 Å². The quantitative estimate of drug-likeness (QED) is 0.415. The molecule has 2 rings (SSSR count). The topological polar surface area (TPSA) is 18.5 Å². The summed E-state index contributed by atoms with van der Waals surface area (Å²) in [4.78, 5) is 0. The molecule has 90 valence electrons. The summed E-state index contributed by atoms with van der Waals surface area (Å²) in [5, 5.41) is 0. The minimum Gasteiger partial charge on any atom is -0.353 e. The molecular formula is C14H16IO2+. The Morgan fingerprint density at radius 3 is 3.00 bits per heavy atom. The van der Waals surface area contributed by atoms with E-state index in [1.54, 1.807) is 0 Å². The normalized spacial score (nSPS) is 18.7. The molecule has 3 heteroatoms. The van der Waals surface area contributed by atoms with Gasteiger partial charge in [0.05, 0.1) is 6.61 Å². The summed E-state index contributed by atoms with van der Waals surface area (Å²) in [7, 11) is 0. The van der Waals surface area contributed by atoms with Crippen molar-refractivity contribution in [3.8, 4) is 9.85 Å². The SMILES string of the molecule is C(#C[I+]c1ccccc1)CCOC1CCCO1. The van der Waals surface area contributed by atoms with E-state index in [2.05, 4.69) is 34.1 Å². The van der Waals surface area contributed by atoms with Crippen LogP contribution in [0.5, 0.6) is 0 Å². The molecule has 1 aliphatic rings. The average Bonchev–Trinajstić information content (AvgIpc) is 2.88. The number of benzene rings is 1. The molecule has 2 nitrogen and oxygen atoms in total. The maximum absolute atomic E-state index is 5.54. The highest BCUT2D eigenvalue weighted by Gasteiger charge is 2.14. The lowest BCUT2D eigenvalue weighted by molar-refractivity contribution is -0.535. The van der Waals surface area contributed by atoms with Crippen LogP contribution in [-0.4, -0.2) is 19.5 Å². The Kier molecular flexibility index (Phi) is 5.83. The van der Waals surface area contributed by atoms with Gasteiger partial charge in [0.1, 0.15) is 0 Å². The first-order valence-electron chi connectivity index (χ1n) is 5.85. The third kappa shape index (κ3) is 5.07. The van der Waals surface area contributed by atoms with Crippen molar-refractivity contribution < 1.29 is 30.7 Å². The Hall–Kier alpha value is -0.570. The molecule has 0 amide bonds. The molecule has 1 heterocycles. The van der Waals surface area contributed by atoms with Crippen molar-refractivity contribution in [3.05, 3.63) is 33.9 Å². The zero-order chi connectivity index (χ0) is 11.8. The highest BCUT2D eigenvalue weighted by Crippen LogP contribution is 2.12. The summed E-state index contributed by atoms with van der Waals surface area (Å²) >= 11 is -0.150. The van der Waals surface area contributed by atoms with Crippen molar-refractivity contribution in [1.29, 1.82) is 0 Å². The number of hydrogen-bond donors (Lipinski definition) is 0. The third-order valence-electron chi connectivity index (χ3n) is 2.37. The summed E-state index contributed by atoms with van der Waals surface area (Å²) in [5.41, 5.74) is 0. The van der Waals surface area contributed by atoms with Gasteiger partial charge in [0.2, 0.25) is 3.57 Å². The molecule has 0 spiro atoms. The van der Waals surface area contributed by atoms with Gasteiger partial charge in [-0.3, -0.25) is 0 Å². The van der Waals surface area contributed by atoms with Crippen LogP contribution in [0.15, 0.2) is 30.3 Å². The van der Waals surface area contributed by atoms with E-state index in [-0.39, 0.29) is 27.5 Å². The van der Waals surface area contributed by atoms with Crippen LogP contribution < -0.4 is 21.2 Å². The highest BCUT2D eigenvalue weighted by atomic mass is 127. The lowest BCUT2D eigenvalue weighted by Gasteiger charge is -2.08. The van der Waals surface area contributed by atoms with Crippen LogP contribution in [-0.2, 0) is 9.47 Å². The van der Waals surface area contributed by atoms with Crippen LogP contribution in [0.25, 0.3) is 0 Å². The lowest BCUT2D eigenvalue weighted by Crippen LogP contribution is -3.59. The molecule has 0 bridgehead atoms. The van der Waals surface area contributed by atoms with Crippen molar-refractivity contribution in [2.45, 2.75) is 25.6 Å². The van der Waals surface area contributed by atoms with Gasteiger partial charge in [-0.05, 0) is 24.5 Å². The van der Waals surface area contributed by atoms with E-state index in [0.717, 1.165) is 25.9 Å². The fourth-order valence-corrected chi connectivity index (χ4v) is 3.08. The molecule has 1 aromatic rings. The first-order valence-corrected chi connectivity index (χ1v) is 8.01. The fraction of sp³-hybridized carbons (Fsp3) is 0.429. The van der Waals surface area contributed by atoms with Crippen LogP contribution >= 0.6 is 0 Å². The molecular weight excluding hydrogens is 327 g/mol. The molecule has 0 aliphatic carbocycles. The minimum atomic E-state index is -0.150. The second-order valence-corrected chi connectivity index (χ2v) is 6.05. The molecule has 0 aromatic heterocycles. The summed E-state index contributed by atoms with van der Waals surface area (Å²) in [6.45, 7) is 1.53. The maximum Gasteiger partial charge on any atom is 0.419 e. The van der Waals surface area contributed by atoms with Gasteiger partial charge in [-0.15, -0.1) is 0 Å². The molecule has 1 aliphatic heterocycles. The van der Waals surface area contributed by atoms with Gasteiger partial charge < -0.3 is 9.47 Å². The fourth-order valence-electron chi connectivity index (χ4n) is 1.53. The van der Waals surface area contributed by atoms with E-state index in [4.69, 9.17) is 9.47 Å². The first kappa shape index (κ1) is 12.9. The number of rotatable bonds is 4. The van der Waals surface area contributed by atoms with Crippen LogP contribution in [0.3, 0.4) is 0 Å². The van der Waals surface area contributed by atoms with Gasteiger partial charge in [-0.2, -0.15) is 0 Å². The van der Waals surface area contributed by atoms with Gasteiger partial charge in [-0.25, -0.2) is 0 Å². The second-order valence-electron chi connectivity index (χ2n) is 3.72. The zero-order valence-corrected chi connectivity index (χ0v) is 11.9. The summed E-state index contributed by atoms with van der Waals surface area (Å²) in [6, 6.07) is 10.5. The van der Waals surface area contributed by atoms with Crippen molar-refractivity contribution in [3.63, 3.8) is 0 Å². The van der Waals surface area contributed by atoms with Crippen LogP contribution in [0, 0.1) is 13.4 Å². The molecule has 1 saturated heterocycles. The summed E-state index contributed by atoms with van der Waals surface area (Å²) in [6.07, 6.45) is 2.99. The number of halogens is 1. The standard InChI is InChI=1S/C14H16IO2/c1-2-7-13(8-3-1)15-10-4-5-11-16-14-9-6-12-17-14/h1-3,7-8,14H,5-6,9,11-12H2/q+1. The van der Waals surface area contributed by atoms with E-state index >= 15 is 0 Å². The Balaban J connectivity index is 1.59.